The van der Waals surface area contributed by atoms with Gasteiger partial charge in [-0.25, -0.2) is 0 Å². The van der Waals surface area contributed by atoms with Crippen LogP contribution in [-0.2, 0) is 29.2 Å². The second-order valence-electron chi connectivity index (χ2n) is 11.0. The van der Waals surface area contributed by atoms with Crippen molar-refractivity contribution in [1.82, 2.24) is 20.4 Å². The van der Waals surface area contributed by atoms with Gasteiger partial charge in [0.2, 0.25) is 11.8 Å². The van der Waals surface area contributed by atoms with E-state index >= 15 is 0 Å². The quantitative estimate of drug-likeness (QED) is 0.398. The molecule has 3 atom stereocenters. The zero-order valence-electron chi connectivity index (χ0n) is 22.7. The number of hydrogen-bond donors (Lipinski definition) is 2. The van der Waals surface area contributed by atoms with Crippen LogP contribution in [0.3, 0.4) is 0 Å². The second kappa shape index (κ2) is 12.0. The molecule has 8 nitrogen and oxygen atoms in total. The zero-order chi connectivity index (χ0) is 28.3. The summed E-state index contributed by atoms with van der Waals surface area (Å²) >= 11 is 6.09. The lowest BCUT2D eigenvalue weighted by atomic mass is 10.00. The van der Waals surface area contributed by atoms with E-state index in [2.05, 4.69) is 39.8 Å². The lowest BCUT2D eigenvalue weighted by Crippen LogP contribution is -2.54. The minimum Gasteiger partial charge on any atom is -0.487 e. The monoisotopic (exact) mass is 572 g/mol. The molecule has 212 valence electrons. The van der Waals surface area contributed by atoms with Crippen LogP contribution in [0, 0.1) is 0 Å². The molecule has 3 aliphatic heterocycles. The van der Waals surface area contributed by atoms with E-state index in [1.807, 2.05) is 42.5 Å². The molecule has 0 bridgehead atoms. The van der Waals surface area contributed by atoms with Crippen molar-refractivity contribution in [3.8, 4) is 5.75 Å². The number of halogens is 1. The predicted octanol–water partition coefficient (Wildman–Crippen LogP) is 3.91. The molecule has 2 saturated heterocycles. The van der Waals surface area contributed by atoms with E-state index in [-0.39, 0.29) is 30.4 Å². The number of benzene rings is 3. The number of fused-ring (bicyclic) bond motifs is 1. The number of amides is 3. The minimum absolute atomic E-state index is 0.110. The molecule has 2 fully saturated rings. The molecule has 3 amide bonds. The van der Waals surface area contributed by atoms with Crippen LogP contribution in [0.15, 0.2) is 72.8 Å². The molecule has 0 saturated carbocycles. The number of rotatable bonds is 8. The van der Waals surface area contributed by atoms with E-state index < -0.39 is 11.9 Å². The SMILES string of the molecule is O=C1CCC(N2Cc3cc(O[C@@H]4CN(Cc5ccc(Cl)cc5)CC[C@H]4NCc4ccccc4)ccc3C2=O)C(=O)N1. The fourth-order valence-corrected chi connectivity index (χ4v) is 6.09. The largest absolute Gasteiger partial charge is 0.487 e. The Bertz CT molecular complexity index is 1430. The smallest absolute Gasteiger partial charge is 0.255 e. The number of piperidine rings is 2. The lowest BCUT2D eigenvalue weighted by molar-refractivity contribution is -0.136. The van der Waals surface area contributed by atoms with Crippen molar-refractivity contribution in [2.24, 2.45) is 0 Å². The van der Waals surface area contributed by atoms with Crippen molar-refractivity contribution in [3.63, 3.8) is 0 Å². The highest BCUT2D eigenvalue weighted by Crippen LogP contribution is 2.31. The molecule has 3 aromatic rings. The standard InChI is InChI=1S/C32H33ClN4O4/c33-24-8-6-22(7-9-24)18-36-15-14-27(34-17-21-4-2-1-3-5-21)29(20-36)41-25-10-11-26-23(16-25)19-37(32(26)40)28-12-13-30(38)35-31(28)39/h1-11,16,27-29,34H,12-15,17-20H2,(H,35,38,39)/t27-,28?,29-/m1/s1. The van der Waals surface area contributed by atoms with Crippen molar-refractivity contribution < 1.29 is 19.1 Å². The molecule has 0 aliphatic carbocycles. The first-order valence-corrected chi connectivity index (χ1v) is 14.5. The van der Waals surface area contributed by atoms with Crippen LogP contribution >= 0.6 is 11.6 Å². The maximum Gasteiger partial charge on any atom is 0.255 e. The van der Waals surface area contributed by atoms with Gasteiger partial charge in [0.05, 0.1) is 0 Å². The Balaban J connectivity index is 1.17. The number of nitrogens with one attached hydrogen (secondary N) is 2. The van der Waals surface area contributed by atoms with Gasteiger partial charge in [0, 0.05) is 55.8 Å². The Kier molecular flexibility index (Phi) is 8.05. The first-order valence-electron chi connectivity index (χ1n) is 14.1. The summed E-state index contributed by atoms with van der Waals surface area (Å²) < 4.78 is 6.64. The van der Waals surface area contributed by atoms with Crippen LogP contribution in [0.1, 0.15) is 46.3 Å². The third-order valence-corrected chi connectivity index (χ3v) is 8.41. The van der Waals surface area contributed by atoms with Crippen LogP contribution in [0.25, 0.3) is 0 Å². The Labute approximate surface area is 244 Å². The summed E-state index contributed by atoms with van der Waals surface area (Å²) in [5.74, 6) is -0.185. The first-order chi connectivity index (χ1) is 19.9. The molecular formula is C32H33ClN4O4. The van der Waals surface area contributed by atoms with Gasteiger partial charge in [0.25, 0.3) is 5.91 Å². The molecule has 3 heterocycles. The Morgan fingerprint density at radius 3 is 2.54 bits per heavy atom. The summed E-state index contributed by atoms with van der Waals surface area (Å²) in [7, 11) is 0. The highest BCUT2D eigenvalue weighted by Gasteiger charge is 2.39. The number of imide groups is 1. The van der Waals surface area contributed by atoms with Crippen LogP contribution in [0.2, 0.25) is 5.02 Å². The molecule has 3 aromatic carbocycles. The van der Waals surface area contributed by atoms with Gasteiger partial charge in [-0.1, -0.05) is 54.1 Å². The fourth-order valence-electron chi connectivity index (χ4n) is 5.97. The van der Waals surface area contributed by atoms with Gasteiger partial charge in [-0.2, -0.15) is 0 Å². The predicted molar refractivity (Wildman–Crippen MR) is 155 cm³/mol. The Morgan fingerprint density at radius 2 is 1.76 bits per heavy atom. The van der Waals surface area contributed by atoms with E-state index in [0.717, 1.165) is 43.2 Å². The highest BCUT2D eigenvalue weighted by atomic mass is 35.5. The van der Waals surface area contributed by atoms with Gasteiger partial charge in [-0.15, -0.1) is 0 Å². The van der Waals surface area contributed by atoms with Crippen molar-refractivity contribution in [1.29, 1.82) is 0 Å². The summed E-state index contributed by atoms with van der Waals surface area (Å²) in [6.45, 7) is 3.56. The van der Waals surface area contributed by atoms with Crippen LogP contribution in [0.5, 0.6) is 5.75 Å². The number of nitrogens with zero attached hydrogens (tertiary/aromatic N) is 2. The van der Waals surface area contributed by atoms with Crippen LogP contribution < -0.4 is 15.4 Å². The third-order valence-electron chi connectivity index (χ3n) is 8.16. The third kappa shape index (κ3) is 6.30. The van der Waals surface area contributed by atoms with Crippen molar-refractivity contribution in [2.45, 2.75) is 57.1 Å². The number of hydrogen-bond acceptors (Lipinski definition) is 6. The Hall–Kier alpha value is -3.72. The number of likely N-dealkylation sites (tertiary alicyclic amines) is 1. The topological polar surface area (TPSA) is 91.0 Å². The molecule has 1 unspecified atom stereocenters. The molecule has 2 N–H and O–H groups in total. The number of ether oxygens (including phenoxy) is 1. The van der Waals surface area contributed by atoms with Gasteiger partial charge in [0.1, 0.15) is 17.9 Å². The fraction of sp³-hybridized carbons (Fsp3) is 0.344. The van der Waals surface area contributed by atoms with Gasteiger partial charge < -0.3 is 15.0 Å². The van der Waals surface area contributed by atoms with Gasteiger partial charge in [-0.3, -0.25) is 24.6 Å². The van der Waals surface area contributed by atoms with Gasteiger partial charge >= 0.3 is 0 Å². The van der Waals surface area contributed by atoms with Crippen LogP contribution in [-0.4, -0.2) is 58.8 Å². The summed E-state index contributed by atoms with van der Waals surface area (Å²) in [6.07, 6.45) is 1.39. The number of carbonyl (C=O) groups excluding carboxylic acids is 3. The van der Waals surface area contributed by atoms with E-state index in [1.54, 1.807) is 11.0 Å². The highest BCUT2D eigenvalue weighted by molar-refractivity contribution is 6.30. The summed E-state index contributed by atoms with van der Waals surface area (Å²) in [5, 5.41) is 6.80. The normalized spacial score (nSPS) is 22.9. The molecule has 3 aliphatic rings. The second-order valence-corrected chi connectivity index (χ2v) is 11.4. The van der Waals surface area contributed by atoms with Crippen molar-refractivity contribution >= 4 is 29.3 Å². The maximum atomic E-state index is 13.1. The average Bonchev–Trinajstić information content (AvgIpc) is 3.29. The molecular weight excluding hydrogens is 540 g/mol. The first kappa shape index (κ1) is 27.4. The van der Waals surface area contributed by atoms with Crippen LogP contribution in [0.4, 0.5) is 0 Å². The maximum absolute atomic E-state index is 13.1. The molecule has 0 radical (unpaired) electrons. The summed E-state index contributed by atoms with van der Waals surface area (Å²) in [6, 6.07) is 23.4. The molecule has 6 rings (SSSR count). The Morgan fingerprint density at radius 1 is 0.951 bits per heavy atom. The van der Waals surface area contributed by atoms with E-state index in [9.17, 15) is 14.4 Å². The molecule has 41 heavy (non-hydrogen) atoms. The van der Waals surface area contributed by atoms with Gasteiger partial charge in [0.15, 0.2) is 0 Å². The summed E-state index contributed by atoms with van der Waals surface area (Å²) in [5.41, 5.74) is 3.83. The van der Waals surface area contributed by atoms with E-state index in [4.69, 9.17) is 16.3 Å². The molecule has 0 spiro atoms. The van der Waals surface area contributed by atoms with Gasteiger partial charge in [-0.05, 0) is 59.9 Å². The lowest BCUT2D eigenvalue weighted by Gasteiger charge is -2.39. The molecule has 0 aromatic heterocycles. The van der Waals surface area contributed by atoms with E-state index in [1.165, 1.54) is 11.1 Å². The zero-order valence-corrected chi connectivity index (χ0v) is 23.5. The van der Waals surface area contributed by atoms with E-state index in [0.29, 0.717) is 24.3 Å². The minimum atomic E-state index is -0.636. The average molecular weight is 573 g/mol. The van der Waals surface area contributed by atoms with Crippen molar-refractivity contribution in [3.05, 3.63) is 100 Å². The number of carbonyl (C=O) groups is 3. The summed E-state index contributed by atoms with van der Waals surface area (Å²) in [4.78, 5) is 41.1. The van der Waals surface area contributed by atoms with Crippen molar-refractivity contribution in [2.75, 3.05) is 13.1 Å². The molecule has 9 heteroatoms.